The number of ether oxygens (including phenoxy) is 1. The van der Waals surface area contributed by atoms with Gasteiger partial charge >= 0.3 is 0 Å². The zero-order valence-electron chi connectivity index (χ0n) is 10.8. The molecule has 3 rings (SSSR count). The molecule has 0 spiro atoms. The van der Waals surface area contributed by atoms with Crippen LogP contribution in [0.25, 0.3) is 0 Å². The van der Waals surface area contributed by atoms with Crippen molar-refractivity contribution in [2.75, 3.05) is 20.2 Å². The lowest BCUT2D eigenvalue weighted by molar-refractivity contribution is 0.0383. The first-order valence-electron chi connectivity index (χ1n) is 6.28. The summed E-state index contributed by atoms with van der Waals surface area (Å²) in [5.41, 5.74) is 1.28. The molecule has 1 saturated heterocycles. The average Bonchev–Trinajstić information content (AvgIpc) is 2.30. The van der Waals surface area contributed by atoms with Crippen LogP contribution < -0.4 is 4.74 Å². The number of hydrogen-bond acceptors (Lipinski definition) is 3. The number of aromatic hydroxyl groups is 1. The molecule has 1 aromatic rings. The van der Waals surface area contributed by atoms with Crippen molar-refractivity contribution >= 4 is 12.4 Å². The van der Waals surface area contributed by atoms with Crippen molar-refractivity contribution in [3.05, 3.63) is 23.8 Å². The van der Waals surface area contributed by atoms with Crippen molar-refractivity contribution in [1.29, 1.82) is 0 Å². The maximum atomic E-state index is 9.89. The molecule has 1 aromatic carbocycles. The van der Waals surface area contributed by atoms with E-state index in [1.165, 1.54) is 18.4 Å². The highest BCUT2D eigenvalue weighted by molar-refractivity contribution is 5.85. The normalized spacial score (nSPS) is 30.7. The number of para-hydroxylation sites is 1. The lowest BCUT2D eigenvalue weighted by Crippen LogP contribution is -2.56. The second kappa shape index (κ2) is 4.63. The van der Waals surface area contributed by atoms with Crippen LogP contribution in [-0.4, -0.2) is 36.2 Å². The number of halogens is 1. The van der Waals surface area contributed by atoms with Crippen molar-refractivity contribution in [3.63, 3.8) is 0 Å². The number of likely N-dealkylation sites (N-methyl/N-ethyl adjacent to an activating group) is 1. The highest BCUT2D eigenvalue weighted by Crippen LogP contribution is 2.48. The summed E-state index contributed by atoms with van der Waals surface area (Å²) in [7, 11) is 2.17. The van der Waals surface area contributed by atoms with Gasteiger partial charge in [-0.1, -0.05) is 19.1 Å². The van der Waals surface area contributed by atoms with Crippen LogP contribution in [0.5, 0.6) is 11.5 Å². The number of piperidine rings is 1. The van der Waals surface area contributed by atoms with Gasteiger partial charge in [0.2, 0.25) is 0 Å². The Morgan fingerprint density at radius 3 is 3.00 bits per heavy atom. The molecule has 0 radical (unpaired) electrons. The second-order valence-corrected chi connectivity index (χ2v) is 5.48. The topological polar surface area (TPSA) is 32.7 Å². The zero-order valence-corrected chi connectivity index (χ0v) is 11.7. The van der Waals surface area contributed by atoms with Crippen LogP contribution in [0.4, 0.5) is 0 Å². The number of fused-ring (bicyclic) bond motifs is 3. The van der Waals surface area contributed by atoms with Crippen molar-refractivity contribution in [2.45, 2.75) is 31.2 Å². The predicted octanol–water partition coefficient (Wildman–Crippen LogP) is 2.56. The third kappa shape index (κ3) is 1.77. The Kier molecular flexibility index (Phi) is 3.47. The van der Waals surface area contributed by atoms with Gasteiger partial charge in [-0.25, -0.2) is 0 Å². The molecular weight excluding hydrogens is 250 g/mol. The zero-order chi connectivity index (χ0) is 12.0. The standard InChI is InChI=1S/C14H19NO2.ClH/c1-14-7-4-8-15(2)12(14)9-17-13-10(14)5-3-6-11(13)16;/h3,5-6,12,16H,4,7-9H2,1-2H3;1H/t12-,14-;/m0./s1. The summed E-state index contributed by atoms with van der Waals surface area (Å²) in [6.07, 6.45) is 2.38. The van der Waals surface area contributed by atoms with E-state index in [1.54, 1.807) is 6.07 Å². The van der Waals surface area contributed by atoms with Gasteiger partial charge in [0.25, 0.3) is 0 Å². The van der Waals surface area contributed by atoms with E-state index in [0.717, 1.165) is 6.54 Å². The summed E-state index contributed by atoms with van der Waals surface area (Å²) in [5, 5.41) is 9.89. The van der Waals surface area contributed by atoms with E-state index in [9.17, 15) is 5.11 Å². The summed E-state index contributed by atoms with van der Waals surface area (Å²) >= 11 is 0. The van der Waals surface area contributed by atoms with E-state index in [-0.39, 0.29) is 23.6 Å². The third-order valence-corrected chi connectivity index (χ3v) is 4.47. The summed E-state index contributed by atoms with van der Waals surface area (Å²) in [4.78, 5) is 2.39. The first-order valence-corrected chi connectivity index (χ1v) is 6.28. The molecule has 0 aromatic heterocycles. The number of rotatable bonds is 0. The van der Waals surface area contributed by atoms with Gasteiger partial charge in [0.15, 0.2) is 11.5 Å². The number of hydrogen-bond donors (Lipinski definition) is 1. The summed E-state index contributed by atoms with van der Waals surface area (Å²) in [6.45, 7) is 4.11. The van der Waals surface area contributed by atoms with Crippen molar-refractivity contribution in [2.24, 2.45) is 0 Å². The molecule has 0 unspecified atom stereocenters. The van der Waals surface area contributed by atoms with Crippen LogP contribution in [0.1, 0.15) is 25.3 Å². The minimum Gasteiger partial charge on any atom is -0.504 e. The van der Waals surface area contributed by atoms with Crippen LogP contribution in [-0.2, 0) is 5.41 Å². The number of phenols is 1. The molecule has 0 aliphatic carbocycles. The minimum absolute atomic E-state index is 0. The van der Waals surface area contributed by atoms with Gasteiger partial charge in [0.1, 0.15) is 6.61 Å². The smallest absolute Gasteiger partial charge is 0.164 e. The van der Waals surface area contributed by atoms with Crippen LogP contribution >= 0.6 is 12.4 Å². The molecule has 1 N–H and O–H groups in total. The number of phenolic OH excluding ortho intramolecular Hbond substituents is 1. The maximum Gasteiger partial charge on any atom is 0.164 e. The fraction of sp³-hybridized carbons (Fsp3) is 0.571. The lowest BCUT2D eigenvalue weighted by Gasteiger charge is -2.50. The fourth-order valence-corrected chi connectivity index (χ4v) is 3.42. The van der Waals surface area contributed by atoms with Gasteiger partial charge in [-0.2, -0.15) is 0 Å². The van der Waals surface area contributed by atoms with Gasteiger partial charge < -0.3 is 9.84 Å². The molecule has 3 nitrogen and oxygen atoms in total. The van der Waals surface area contributed by atoms with E-state index in [0.29, 0.717) is 18.4 Å². The fourth-order valence-electron chi connectivity index (χ4n) is 3.42. The Labute approximate surface area is 114 Å². The van der Waals surface area contributed by atoms with Crippen molar-refractivity contribution in [1.82, 2.24) is 4.90 Å². The third-order valence-electron chi connectivity index (χ3n) is 4.47. The summed E-state index contributed by atoms with van der Waals surface area (Å²) in [6, 6.07) is 6.14. The van der Waals surface area contributed by atoms with Crippen molar-refractivity contribution < 1.29 is 9.84 Å². The van der Waals surface area contributed by atoms with Gasteiger partial charge in [-0.15, -0.1) is 12.4 Å². The van der Waals surface area contributed by atoms with Crippen molar-refractivity contribution in [3.8, 4) is 11.5 Å². The molecule has 2 heterocycles. The van der Waals surface area contributed by atoms with Crippen LogP contribution in [0, 0.1) is 0 Å². The van der Waals surface area contributed by atoms with E-state index in [2.05, 4.69) is 24.9 Å². The SMILES string of the molecule is CN1CCC[C@@]2(C)c3cccc(O)c3OC[C@H]12.Cl. The highest BCUT2D eigenvalue weighted by Gasteiger charge is 2.46. The molecule has 2 aliphatic heterocycles. The molecule has 0 saturated carbocycles. The number of likely N-dealkylation sites (tertiary alicyclic amines) is 1. The first-order chi connectivity index (χ1) is 8.13. The Bertz CT molecular complexity index is 451. The van der Waals surface area contributed by atoms with E-state index < -0.39 is 0 Å². The van der Waals surface area contributed by atoms with E-state index >= 15 is 0 Å². The number of nitrogens with zero attached hydrogens (tertiary/aromatic N) is 1. The quantitative estimate of drug-likeness (QED) is 0.786. The molecule has 4 heteroatoms. The van der Waals surface area contributed by atoms with Gasteiger partial charge in [-0.3, -0.25) is 4.90 Å². The maximum absolute atomic E-state index is 9.89. The number of benzene rings is 1. The molecule has 2 aliphatic rings. The molecule has 0 amide bonds. The average molecular weight is 270 g/mol. The Hall–Kier alpha value is -0.930. The van der Waals surface area contributed by atoms with Gasteiger partial charge in [0.05, 0.1) is 6.04 Å². The highest BCUT2D eigenvalue weighted by atomic mass is 35.5. The minimum atomic E-state index is 0. The molecule has 2 atom stereocenters. The Morgan fingerprint density at radius 2 is 2.22 bits per heavy atom. The Balaban J connectivity index is 0.00000120. The Morgan fingerprint density at radius 1 is 1.44 bits per heavy atom. The van der Waals surface area contributed by atoms with Gasteiger partial charge in [0, 0.05) is 11.0 Å². The monoisotopic (exact) mass is 269 g/mol. The lowest BCUT2D eigenvalue weighted by atomic mass is 9.68. The van der Waals surface area contributed by atoms with Crippen LogP contribution in [0.15, 0.2) is 18.2 Å². The summed E-state index contributed by atoms with van der Waals surface area (Å²) in [5.74, 6) is 0.969. The van der Waals surface area contributed by atoms with E-state index in [4.69, 9.17) is 4.74 Å². The second-order valence-electron chi connectivity index (χ2n) is 5.48. The molecule has 18 heavy (non-hydrogen) atoms. The van der Waals surface area contributed by atoms with E-state index in [1.807, 2.05) is 6.07 Å². The van der Waals surface area contributed by atoms with Gasteiger partial charge in [-0.05, 0) is 32.5 Å². The molecule has 0 bridgehead atoms. The first kappa shape index (κ1) is 13.5. The molecule has 100 valence electrons. The summed E-state index contributed by atoms with van der Waals surface area (Å²) < 4.78 is 5.77. The predicted molar refractivity (Wildman–Crippen MR) is 73.9 cm³/mol. The molecule has 1 fully saturated rings. The molecular formula is C14H20ClNO2. The van der Waals surface area contributed by atoms with Crippen LogP contribution in [0.3, 0.4) is 0 Å². The van der Waals surface area contributed by atoms with Crippen LogP contribution in [0.2, 0.25) is 0 Å². The largest absolute Gasteiger partial charge is 0.504 e.